The molecule has 4 heteroatoms. The molecule has 1 heterocycles. The van der Waals surface area contributed by atoms with E-state index in [0.717, 1.165) is 39.0 Å². The van der Waals surface area contributed by atoms with E-state index in [-0.39, 0.29) is 17.7 Å². The Balaban J connectivity index is 1.47. The number of aryl methyl sites for hydroxylation is 1. The highest BCUT2D eigenvalue weighted by atomic mass is 16.2. The Morgan fingerprint density at radius 2 is 1.67 bits per heavy atom. The van der Waals surface area contributed by atoms with Gasteiger partial charge in [-0.1, -0.05) is 75.4 Å². The van der Waals surface area contributed by atoms with Gasteiger partial charge in [-0.25, -0.2) is 5.43 Å². The minimum atomic E-state index is -0.130. The molecular weight excluding hydrogens is 406 g/mol. The molecule has 4 aromatic rings. The monoisotopic (exact) mass is 437 g/mol. The molecule has 0 saturated heterocycles. The average Bonchev–Trinajstić information content (AvgIpc) is 3.06. The second-order valence-electron chi connectivity index (χ2n) is 9.57. The fraction of sp³-hybridized carbons (Fsp3) is 0.241. The van der Waals surface area contributed by atoms with Crippen molar-refractivity contribution in [2.75, 3.05) is 0 Å². The van der Waals surface area contributed by atoms with E-state index in [1.807, 2.05) is 30.3 Å². The summed E-state index contributed by atoms with van der Waals surface area (Å²) in [5.41, 5.74) is 9.44. The van der Waals surface area contributed by atoms with Gasteiger partial charge in [0.1, 0.15) is 0 Å². The first-order valence-electron chi connectivity index (χ1n) is 11.3. The van der Waals surface area contributed by atoms with E-state index in [2.05, 4.69) is 92.2 Å². The van der Waals surface area contributed by atoms with Gasteiger partial charge in [0.2, 0.25) is 5.91 Å². The van der Waals surface area contributed by atoms with Crippen LogP contribution in [0.15, 0.2) is 77.9 Å². The van der Waals surface area contributed by atoms with Crippen LogP contribution in [0.5, 0.6) is 0 Å². The van der Waals surface area contributed by atoms with E-state index in [9.17, 15) is 4.79 Å². The predicted octanol–water partition coefficient (Wildman–Crippen LogP) is 6.24. The fourth-order valence-corrected chi connectivity index (χ4v) is 4.26. The summed E-state index contributed by atoms with van der Waals surface area (Å²) in [4.78, 5) is 12.5. The molecule has 0 fully saturated rings. The lowest BCUT2D eigenvalue weighted by Gasteiger charge is -2.20. The molecule has 0 aliphatic heterocycles. The van der Waals surface area contributed by atoms with Crippen molar-refractivity contribution in [1.82, 2.24) is 9.99 Å². The summed E-state index contributed by atoms with van der Waals surface area (Å²) >= 11 is 0. The van der Waals surface area contributed by atoms with Crippen LogP contribution >= 0.6 is 0 Å². The largest absolute Gasteiger partial charge is 0.318 e. The van der Waals surface area contributed by atoms with Crippen molar-refractivity contribution in [1.29, 1.82) is 0 Å². The summed E-state index contributed by atoms with van der Waals surface area (Å²) in [6.45, 7) is 10.8. The van der Waals surface area contributed by atoms with Gasteiger partial charge in [-0.05, 0) is 59.4 Å². The first kappa shape index (κ1) is 22.5. The number of nitrogens with zero attached hydrogens (tertiary/aromatic N) is 2. The summed E-state index contributed by atoms with van der Waals surface area (Å²) in [5.74, 6) is -0.130. The quantitative estimate of drug-likeness (QED) is 0.292. The van der Waals surface area contributed by atoms with Gasteiger partial charge >= 0.3 is 0 Å². The number of carbonyl (C=O) groups excluding carboxylic acids is 1. The summed E-state index contributed by atoms with van der Waals surface area (Å²) < 4.78 is 2.21. The van der Waals surface area contributed by atoms with E-state index in [0.29, 0.717) is 0 Å². The zero-order chi connectivity index (χ0) is 23.6. The van der Waals surface area contributed by atoms with Crippen molar-refractivity contribution in [3.05, 3.63) is 101 Å². The van der Waals surface area contributed by atoms with Crippen molar-refractivity contribution >= 4 is 22.9 Å². The van der Waals surface area contributed by atoms with E-state index < -0.39 is 0 Å². The standard InChI is InChI=1S/C29H31N3O/c1-20-17-24(21(2)32(20)26-15-13-25(14-16-26)29(3,4)5)19-30-31-28(33)18-23-11-8-10-22-9-6-7-12-27(22)23/h6-17,19H,18H2,1-5H3,(H,31,33)/b30-19-. The molecule has 1 aromatic heterocycles. The van der Waals surface area contributed by atoms with Gasteiger partial charge in [-0.15, -0.1) is 0 Å². The minimum absolute atomic E-state index is 0.126. The van der Waals surface area contributed by atoms with Crippen LogP contribution in [-0.4, -0.2) is 16.7 Å². The molecule has 0 atom stereocenters. The molecule has 4 rings (SSSR count). The molecule has 3 aromatic carbocycles. The second kappa shape index (κ2) is 9.07. The summed E-state index contributed by atoms with van der Waals surface area (Å²) in [6, 6.07) is 24.9. The van der Waals surface area contributed by atoms with E-state index in [1.54, 1.807) is 6.21 Å². The molecule has 0 saturated carbocycles. The van der Waals surface area contributed by atoms with Gasteiger partial charge < -0.3 is 4.57 Å². The van der Waals surface area contributed by atoms with Crippen LogP contribution in [-0.2, 0) is 16.6 Å². The zero-order valence-corrected chi connectivity index (χ0v) is 20.0. The molecule has 0 bridgehead atoms. The second-order valence-corrected chi connectivity index (χ2v) is 9.57. The van der Waals surface area contributed by atoms with Gasteiger partial charge in [-0.3, -0.25) is 4.79 Å². The number of hydrogen-bond donors (Lipinski definition) is 1. The molecular formula is C29H31N3O. The van der Waals surface area contributed by atoms with Crippen molar-refractivity contribution in [2.45, 2.75) is 46.5 Å². The topological polar surface area (TPSA) is 46.4 Å². The molecule has 1 N–H and O–H groups in total. The zero-order valence-electron chi connectivity index (χ0n) is 20.0. The number of nitrogens with one attached hydrogen (secondary N) is 1. The summed E-state index contributed by atoms with van der Waals surface area (Å²) in [6.07, 6.45) is 2.02. The Hall–Kier alpha value is -3.66. The number of fused-ring (bicyclic) bond motifs is 1. The smallest absolute Gasteiger partial charge is 0.244 e. The maximum absolute atomic E-state index is 12.5. The van der Waals surface area contributed by atoms with Gasteiger partial charge in [0, 0.05) is 22.6 Å². The van der Waals surface area contributed by atoms with Gasteiger partial charge in [-0.2, -0.15) is 5.10 Å². The third-order valence-electron chi connectivity index (χ3n) is 6.09. The fourth-order valence-electron chi connectivity index (χ4n) is 4.26. The van der Waals surface area contributed by atoms with Gasteiger partial charge in [0.05, 0.1) is 12.6 Å². The number of carbonyl (C=O) groups is 1. The van der Waals surface area contributed by atoms with Crippen LogP contribution in [0.2, 0.25) is 0 Å². The Morgan fingerprint density at radius 3 is 2.39 bits per heavy atom. The Labute approximate surface area is 196 Å². The van der Waals surface area contributed by atoms with Crippen LogP contribution in [0.4, 0.5) is 0 Å². The molecule has 4 nitrogen and oxygen atoms in total. The Bertz CT molecular complexity index is 1320. The van der Waals surface area contributed by atoms with E-state index in [1.165, 1.54) is 5.56 Å². The first-order chi connectivity index (χ1) is 15.7. The normalized spacial score (nSPS) is 11.9. The first-order valence-corrected chi connectivity index (χ1v) is 11.3. The molecule has 168 valence electrons. The number of benzene rings is 3. The van der Waals surface area contributed by atoms with Crippen LogP contribution in [0.3, 0.4) is 0 Å². The molecule has 0 spiro atoms. The van der Waals surface area contributed by atoms with Crippen LogP contribution in [0.25, 0.3) is 16.5 Å². The Kier molecular flexibility index (Phi) is 6.19. The lowest BCUT2D eigenvalue weighted by atomic mass is 9.87. The van der Waals surface area contributed by atoms with Crippen LogP contribution < -0.4 is 5.43 Å². The van der Waals surface area contributed by atoms with Crippen molar-refractivity contribution in [3.63, 3.8) is 0 Å². The van der Waals surface area contributed by atoms with Crippen LogP contribution in [0.1, 0.15) is 48.8 Å². The van der Waals surface area contributed by atoms with Crippen molar-refractivity contribution in [2.24, 2.45) is 5.10 Å². The predicted molar refractivity (Wildman–Crippen MR) is 137 cm³/mol. The number of hydrogen-bond acceptors (Lipinski definition) is 2. The summed E-state index contributed by atoms with van der Waals surface area (Å²) in [5, 5.41) is 6.47. The van der Waals surface area contributed by atoms with Crippen LogP contribution in [0, 0.1) is 13.8 Å². The number of aromatic nitrogens is 1. The highest BCUT2D eigenvalue weighted by Crippen LogP contribution is 2.25. The number of hydrazone groups is 1. The minimum Gasteiger partial charge on any atom is -0.318 e. The molecule has 0 aliphatic rings. The SMILES string of the molecule is Cc1cc(/C=N\NC(=O)Cc2cccc3ccccc23)c(C)n1-c1ccc(C(C)(C)C)cc1. The Morgan fingerprint density at radius 1 is 0.970 bits per heavy atom. The highest BCUT2D eigenvalue weighted by molar-refractivity contribution is 5.90. The van der Waals surface area contributed by atoms with E-state index >= 15 is 0 Å². The van der Waals surface area contributed by atoms with Gasteiger partial charge in [0.25, 0.3) is 0 Å². The molecule has 0 unspecified atom stereocenters. The number of rotatable bonds is 5. The average molecular weight is 438 g/mol. The number of amides is 1. The van der Waals surface area contributed by atoms with Crippen molar-refractivity contribution in [3.8, 4) is 5.69 Å². The summed E-state index contributed by atoms with van der Waals surface area (Å²) in [7, 11) is 0. The molecule has 33 heavy (non-hydrogen) atoms. The third kappa shape index (κ3) is 4.90. The molecule has 0 aliphatic carbocycles. The lowest BCUT2D eigenvalue weighted by Crippen LogP contribution is -2.19. The third-order valence-corrected chi connectivity index (χ3v) is 6.09. The lowest BCUT2D eigenvalue weighted by molar-refractivity contribution is -0.120. The van der Waals surface area contributed by atoms with Crippen molar-refractivity contribution < 1.29 is 4.79 Å². The van der Waals surface area contributed by atoms with Gasteiger partial charge in [0.15, 0.2) is 0 Å². The van der Waals surface area contributed by atoms with E-state index in [4.69, 9.17) is 0 Å². The molecule has 0 radical (unpaired) electrons. The maximum Gasteiger partial charge on any atom is 0.244 e. The highest BCUT2D eigenvalue weighted by Gasteiger charge is 2.15. The molecule has 1 amide bonds. The maximum atomic E-state index is 12.5.